The molecule has 4 fully saturated rings. The summed E-state index contributed by atoms with van der Waals surface area (Å²) in [5.74, 6) is 1.31. The van der Waals surface area contributed by atoms with Gasteiger partial charge in [0.05, 0.1) is 12.7 Å². The maximum atomic E-state index is 14.1. The molecule has 3 amide bonds. The fraction of sp³-hybridized carbons (Fsp3) is 0.586. The lowest BCUT2D eigenvalue weighted by atomic mass is 9.81. The van der Waals surface area contributed by atoms with Crippen molar-refractivity contribution in [1.82, 2.24) is 15.5 Å². The predicted octanol–water partition coefficient (Wildman–Crippen LogP) is 1.91. The first-order chi connectivity index (χ1) is 18.0. The number of nitrogens with zero attached hydrogens (tertiary/aromatic N) is 2. The van der Waals surface area contributed by atoms with Crippen molar-refractivity contribution < 1.29 is 19.1 Å². The Morgan fingerprint density at radius 3 is 2.92 bits per heavy atom. The van der Waals surface area contributed by atoms with E-state index in [-0.39, 0.29) is 46.8 Å². The standard InChI is InChI=1S/C29H32N4O4/c30-14-19(12-18-7-9-31-26(18)34)32-27(35)25-24-17-6-5-16(11-17)20(24)15-33(25)28(36)22-13-29(22)8-10-37-23-4-2-1-3-21(23)29/h1-6,16-20,22,24-25H,7-13,15H2,(H,31,34)(H,32,35)/t16?,17?,18?,19?,20?,22-,24?,25-,29-/m0/s1. The Morgan fingerprint density at radius 1 is 1.27 bits per heavy atom. The molecule has 8 heteroatoms. The number of amides is 3. The molecule has 2 N–H and O–H groups in total. The predicted molar refractivity (Wildman–Crippen MR) is 133 cm³/mol. The van der Waals surface area contributed by atoms with E-state index in [4.69, 9.17) is 4.74 Å². The van der Waals surface area contributed by atoms with Gasteiger partial charge in [-0.05, 0) is 61.8 Å². The number of nitriles is 1. The van der Waals surface area contributed by atoms with Crippen LogP contribution in [0.25, 0.3) is 0 Å². The molecule has 1 spiro atoms. The average Bonchev–Trinajstić information content (AvgIpc) is 3.37. The van der Waals surface area contributed by atoms with E-state index in [0.29, 0.717) is 44.4 Å². The molecule has 6 aliphatic rings. The SMILES string of the molecule is N#CC(CC1CCNC1=O)NC(=O)[C@@H]1C2C3C=CC(C3)C2CN1C(=O)[C@@H]1C[C@]12CCOc1ccccc12. The summed E-state index contributed by atoms with van der Waals surface area (Å²) in [4.78, 5) is 41.8. The monoisotopic (exact) mass is 500 g/mol. The van der Waals surface area contributed by atoms with Gasteiger partial charge in [-0.1, -0.05) is 30.4 Å². The quantitative estimate of drug-likeness (QED) is 0.600. The summed E-state index contributed by atoms with van der Waals surface area (Å²) in [6, 6.07) is 8.88. The Kier molecular flexibility index (Phi) is 5.14. The van der Waals surface area contributed by atoms with Crippen LogP contribution in [0, 0.1) is 46.8 Å². The van der Waals surface area contributed by atoms with Gasteiger partial charge < -0.3 is 20.3 Å². The van der Waals surface area contributed by atoms with Crippen molar-refractivity contribution in [2.24, 2.45) is 35.5 Å². The van der Waals surface area contributed by atoms with E-state index in [1.807, 2.05) is 23.1 Å². The van der Waals surface area contributed by atoms with Gasteiger partial charge in [0.1, 0.15) is 17.8 Å². The van der Waals surface area contributed by atoms with Crippen LogP contribution in [0.3, 0.4) is 0 Å². The molecule has 8 nitrogen and oxygen atoms in total. The molecule has 0 radical (unpaired) electrons. The summed E-state index contributed by atoms with van der Waals surface area (Å²) in [5.41, 5.74) is 0.911. The van der Waals surface area contributed by atoms with E-state index < -0.39 is 12.1 Å². The van der Waals surface area contributed by atoms with Crippen LogP contribution >= 0.6 is 0 Å². The lowest BCUT2D eigenvalue weighted by molar-refractivity contribution is -0.141. The summed E-state index contributed by atoms with van der Waals surface area (Å²) in [5, 5.41) is 15.5. The van der Waals surface area contributed by atoms with E-state index in [9.17, 15) is 19.6 Å². The van der Waals surface area contributed by atoms with Crippen molar-refractivity contribution >= 4 is 17.7 Å². The number of rotatable bonds is 5. The van der Waals surface area contributed by atoms with E-state index in [1.165, 1.54) is 0 Å². The van der Waals surface area contributed by atoms with Gasteiger partial charge >= 0.3 is 0 Å². The molecule has 2 saturated carbocycles. The molecule has 2 bridgehead atoms. The zero-order chi connectivity index (χ0) is 25.3. The average molecular weight is 501 g/mol. The first kappa shape index (κ1) is 22.8. The molecule has 7 rings (SSSR count). The summed E-state index contributed by atoms with van der Waals surface area (Å²) in [6.07, 6.45) is 8.10. The molecule has 9 atom stereocenters. The minimum absolute atomic E-state index is 0.0544. The summed E-state index contributed by atoms with van der Waals surface area (Å²) >= 11 is 0. The number of fused-ring (bicyclic) bond motifs is 7. The highest BCUT2D eigenvalue weighted by Crippen LogP contribution is 2.62. The maximum absolute atomic E-state index is 14.1. The van der Waals surface area contributed by atoms with Gasteiger partial charge in [-0.25, -0.2) is 0 Å². The van der Waals surface area contributed by atoms with Gasteiger partial charge in [0.25, 0.3) is 0 Å². The van der Waals surface area contributed by atoms with E-state index in [1.54, 1.807) is 0 Å². The molecule has 3 heterocycles. The highest BCUT2D eigenvalue weighted by atomic mass is 16.5. The summed E-state index contributed by atoms with van der Waals surface area (Å²) in [6.45, 7) is 1.81. The van der Waals surface area contributed by atoms with Crippen LogP contribution in [0.5, 0.6) is 5.75 Å². The number of carbonyl (C=O) groups excluding carboxylic acids is 3. The summed E-state index contributed by atoms with van der Waals surface area (Å²) < 4.78 is 5.87. The molecular formula is C29H32N4O4. The largest absolute Gasteiger partial charge is 0.493 e. The fourth-order valence-corrected chi connectivity index (χ4v) is 8.22. The Hall–Kier alpha value is -3.34. The minimum atomic E-state index is -0.749. The Labute approximate surface area is 216 Å². The lowest BCUT2D eigenvalue weighted by Crippen LogP contribution is -2.52. The van der Waals surface area contributed by atoms with Gasteiger partial charge in [0, 0.05) is 35.9 Å². The molecule has 37 heavy (non-hydrogen) atoms. The number of hydrogen-bond donors (Lipinski definition) is 2. The van der Waals surface area contributed by atoms with Gasteiger partial charge in [-0.3, -0.25) is 14.4 Å². The first-order valence-corrected chi connectivity index (χ1v) is 13.7. The van der Waals surface area contributed by atoms with Crippen LogP contribution in [0.2, 0.25) is 0 Å². The maximum Gasteiger partial charge on any atom is 0.244 e. The van der Waals surface area contributed by atoms with Crippen LogP contribution in [0.15, 0.2) is 36.4 Å². The van der Waals surface area contributed by atoms with E-state index in [0.717, 1.165) is 30.6 Å². The van der Waals surface area contributed by atoms with Crippen LogP contribution in [0.1, 0.15) is 37.7 Å². The molecule has 3 aliphatic carbocycles. The third-order valence-corrected chi connectivity index (χ3v) is 10.1. The van der Waals surface area contributed by atoms with Crippen LogP contribution in [0.4, 0.5) is 0 Å². The van der Waals surface area contributed by atoms with Crippen LogP contribution in [-0.2, 0) is 19.8 Å². The molecule has 2 saturated heterocycles. The molecule has 3 aliphatic heterocycles. The Balaban J connectivity index is 1.13. The lowest BCUT2D eigenvalue weighted by Gasteiger charge is -2.32. The van der Waals surface area contributed by atoms with Crippen molar-refractivity contribution in [3.63, 3.8) is 0 Å². The molecular weight excluding hydrogens is 468 g/mol. The highest BCUT2D eigenvalue weighted by Gasteiger charge is 2.65. The van der Waals surface area contributed by atoms with Gasteiger partial charge in [-0.15, -0.1) is 0 Å². The van der Waals surface area contributed by atoms with Crippen molar-refractivity contribution in [2.75, 3.05) is 19.7 Å². The van der Waals surface area contributed by atoms with Crippen molar-refractivity contribution in [3.8, 4) is 11.8 Å². The number of benzene rings is 1. The normalized spacial score (nSPS) is 38.9. The van der Waals surface area contributed by atoms with Crippen LogP contribution < -0.4 is 15.4 Å². The van der Waals surface area contributed by atoms with Gasteiger partial charge in [-0.2, -0.15) is 5.26 Å². The number of ether oxygens (including phenoxy) is 1. The zero-order valence-corrected chi connectivity index (χ0v) is 20.8. The van der Waals surface area contributed by atoms with Crippen LogP contribution in [-0.4, -0.2) is 54.4 Å². The second kappa shape index (κ2) is 8.34. The van der Waals surface area contributed by atoms with Crippen molar-refractivity contribution in [2.45, 2.75) is 49.6 Å². The fourth-order valence-electron chi connectivity index (χ4n) is 8.22. The van der Waals surface area contributed by atoms with E-state index in [2.05, 4.69) is 34.9 Å². The number of likely N-dealkylation sites (tertiary alicyclic amines) is 1. The number of hydrogen-bond acceptors (Lipinski definition) is 5. The molecule has 0 aromatic heterocycles. The Morgan fingerprint density at radius 2 is 2.11 bits per heavy atom. The van der Waals surface area contributed by atoms with Crippen molar-refractivity contribution in [3.05, 3.63) is 42.0 Å². The Bertz CT molecular complexity index is 1240. The number of allylic oxidation sites excluding steroid dienone is 2. The topological polar surface area (TPSA) is 112 Å². The van der Waals surface area contributed by atoms with Crippen molar-refractivity contribution in [1.29, 1.82) is 5.26 Å². The number of para-hydroxylation sites is 1. The number of carbonyl (C=O) groups is 3. The summed E-state index contributed by atoms with van der Waals surface area (Å²) in [7, 11) is 0. The molecule has 6 unspecified atom stereocenters. The van der Waals surface area contributed by atoms with Gasteiger partial charge in [0.15, 0.2) is 0 Å². The molecule has 192 valence electrons. The third-order valence-electron chi connectivity index (χ3n) is 10.1. The zero-order valence-electron chi connectivity index (χ0n) is 20.8. The molecule has 1 aromatic rings. The highest BCUT2D eigenvalue weighted by molar-refractivity contribution is 5.92. The number of nitrogens with one attached hydrogen (secondary N) is 2. The van der Waals surface area contributed by atoms with E-state index >= 15 is 0 Å². The first-order valence-electron chi connectivity index (χ1n) is 13.7. The molecule has 1 aromatic carbocycles. The van der Waals surface area contributed by atoms with Gasteiger partial charge in [0.2, 0.25) is 17.7 Å². The minimum Gasteiger partial charge on any atom is -0.493 e. The smallest absolute Gasteiger partial charge is 0.244 e. The second-order valence-corrected chi connectivity index (χ2v) is 11.8. The second-order valence-electron chi connectivity index (χ2n) is 11.8. The third kappa shape index (κ3) is 3.43.